The minimum atomic E-state index is -4.82. The largest absolute Gasteiger partial charge is 0.433 e. The average molecular weight is 379 g/mol. The molecule has 0 aromatic carbocycles. The van der Waals surface area contributed by atoms with Crippen molar-refractivity contribution >= 4 is 18.3 Å². The van der Waals surface area contributed by atoms with Crippen LogP contribution in [0.5, 0.6) is 0 Å². The lowest BCUT2D eigenvalue weighted by atomic mass is 10.0. The van der Waals surface area contributed by atoms with Crippen molar-refractivity contribution in [1.29, 1.82) is 0 Å². The van der Waals surface area contributed by atoms with Gasteiger partial charge in [0.15, 0.2) is 5.69 Å². The summed E-state index contributed by atoms with van der Waals surface area (Å²) in [6, 6.07) is 0.286. The summed E-state index contributed by atoms with van der Waals surface area (Å²) in [6.07, 6.45) is -1.97. The minimum absolute atomic E-state index is 0.138. The Labute approximate surface area is 146 Å². The van der Waals surface area contributed by atoms with Crippen LogP contribution in [0, 0.1) is 5.92 Å². The van der Waals surface area contributed by atoms with Gasteiger partial charge in [-0.05, 0) is 6.42 Å². The second kappa shape index (κ2) is 9.75. The van der Waals surface area contributed by atoms with Gasteiger partial charge in [0.25, 0.3) is 5.56 Å². The van der Waals surface area contributed by atoms with Crippen molar-refractivity contribution in [2.24, 2.45) is 5.92 Å². The molecule has 1 aromatic rings. The van der Waals surface area contributed by atoms with E-state index in [1.807, 2.05) is 11.9 Å². The van der Waals surface area contributed by atoms with Gasteiger partial charge in [-0.25, -0.2) is 10.0 Å². The fourth-order valence-electron chi connectivity index (χ4n) is 2.10. The van der Waals surface area contributed by atoms with Gasteiger partial charge in [-0.1, -0.05) is 26.2 Å². The molecule has 0 aliphatic heterocycles. The number of nitrogens with one attached hydrogen (secondary N) is 3. The number of anilines is 1. The topological polar surface area (TPSA) is 127 Å². The van der Waals surface area contributed by atoms with Crippen LogP contribution < -0.4 is 16.4 Å². The molecular weight excluding hydrogens is 359 g/mol. The third-order valence-electron chi connectivity index (χ3n) is 3.39. The van der Waals surface area contributed by atoms with E-state index in [9.17, 15) is 32.8 Å². The number of aromatic nitrogens is 2. The van der Waals surface area contributed by atoms with Gasteiger partial charge < -0.3 is 0 Å². The molecule has 1 atom stereocenters. The molecule has 1 rings (SSSR count). The molecule has 4 N–H and O–H groups in total. The van der Waals surface area contributed by atoms with Gasteiger partial charge in [-0.2, -0.15) is 13.2 Å². The molecule has 0 unspecified atom stereocenters. The number of aromatic amines is 1. The zero-order chi connectivity index (χ0) is 19.7. The molecule has 1 heterocycles. The number of nitrogens with zero attached hydrogens (tertiary/aromatic N) is 2. The Morgan fingerprint density at radius 2 is 2.15 bits per heavy atom. The monoisotopic (exact) mass is 379 g/mol. The number of hydrogen-bond acceptors (Lipinski definition) is 6. The predicted molar refractivity (Wildman–Crippen MR) is 83.8 cm³/mol. The first kappa shape index (κ1) is 21.4. The lowest BCUT2D eigenvalue weighted by molar-refractivity contribution is -0.154. The number of H-pyrrole nitrogens is 1. The van der Waals surface area contributed by atoms with Crippen LogP contribution >= 0.6 is 0 Å². The van der Waals surface area contributed by atoms with Gasteiger partial charge in [-0.3, -0.25) is 35.4 Å². The normalized spacial score (nSPS) is 12.3. The standard InChI is InChI=1S/C14H20F3N5O4/c1-2-3-4-5-9(7-22(26)8-23)12(25)20-21-13-18-10(14(15,16)17)6-11(24)19-13/h6,8-9,26H,2-5,7H2,1H3,(H,20,25)(H2,18,19,21,24)/t9-/m1/s1. The van der Waals surface area contributed by atoms with E-state index < -0.39 is 35.2 Å². The molecule has 0 saturated heterocycles. The first-order valence-electron chi connectivity index (χ1n) is 7.82. The van der Waals surface area contributed by atoms with Crippen molar-refractivity contribution < 1.29 is 28.0 Å². The number of carbonyl (C=O) groups is 2. The molecule has 1 aromatic heterocycles. The van der Waals surface area contributed by atoms with Crippen molar-refractivity contribution in [1.82, 2.24) is 20.5 Å². The highest BCUT2D eigenvalue weighted by Crippen LogP contribution is 2.26. The average Bonchev–Trinajstić information content (AvgIpc) is 2.57. The van der Waals surface area contributed by atoms with Crippen LogP contribution in [0.25, 0.3) is 0 Å². The number of hydroxylamine groups is 2. The van der Waals surface area contributed by atoms with Gasteiger partial charge in [0.2, 0.25) is 18.3 Å². The molecule has 2 amide bonds. The quantitative estimate of drug-likeness (QED) is 0.210. The smallest absolute Gasteiger partial charge is 0.291 e. The number of carbonyl (C=O) groups excluding carboxylic acids is 2. The number of alkyl halides is 3. The molecule has 0 aliphatic rings. The fraction of sp³-hybridized carbons (Fsp3) is 0.571. The van der Waals surface area contributed by atoms with Crippen LogP contribution in [0.2, 0.25) is 0 Å². The Kier molecular flexibility index (Phi) is 8.03. The molecule has 0 aliphatic carbocycles. The van der Waals surface area contributed by atoms with E-state index in [1.165, 1.54) is 0 Å². The van der Waals surface area contributed by atoms with Crippen LogP contribution in [0.15, 0.2) is 10.9 Å². The third-order valence-corrected chi connectivity index (χ3v) is 3.39. The zero-order valence-electron chi connectivity index (χ0n) is 14.0. The summed E-state index contributed by atoms with van der Waals surface area (Å²) >= 11 is 0. The van der Waals surface area contributed by atoms with E-state index in [0.29, 0.717) is 17.9 Å². The maximum Gasteiger partial charge on any atom is 0.433 e. The Bertz CT molecular complexity index is 665. The third kappa shape index (κ3) is 7.09. The molecular formula is C14H20F3N5O4. The molecule has 0 spiro atoms. The summed E-state index contributed by atoms with van der Waals surface area (Å²) in [5.41, 5.74) is 1.76. The molecule has 0 fully saturated rings. The van der Waals surface area contributed by atoms with E-state index >= 15 is 0 Å². The second-order valence-corrected chi connectivity index (χ2v) is 5.51. The number of unbranched alkanes of at least 4 members (excludes halogenated alkanes) is 2. The van der Waals surface area contributed by atoms with Crippen LogP contribution in [0.4, 0.5) is 19.1 Å². The molecule has 12 heteroatoms. The van der Waals surface area contributed by atoms with E-state index in [4.69, 9.17) is 0 Å². The summed E-state index contributed by atoms with van der Waals surface area (Å²) < 4.78 is 37.9. The summed E-state index contributed by atoms with van der Waals surface area (Å²) in [6.45, 7) is 1.67. The Morgan fingerprint density at radius 1 is 1.46 bits per heavy atom. The highest BCUT2D eigenvalue weighted by Gasteiger charge is 2.33. The van der Waals surface area contributed by atoms with Gasteiger partial charge in [0.05, 0.1) is 12.5 Å². The molecule has 0 bridgehead atoms. The van der Waals surface area contributed by atoms with E-state index in [0.717, 1.165) is 12.8 Å². The summed E-state index contributed by atoms with van der Waals surface area (Å²) in [5.74, 6) is -2.08. The van der Waals surface area contributed by atoms with Crippen molar-refractivity contribution in [2.75, 3.05) is 12.0 Å². The van der Waals surface area contributed by atoms with Crippen LogP contribution in [-0.2, 0) is 15.8 Å². The first-order chi connectivity index (χ1) is 12.2. The van der Waals surface area contributed by atoms with Gasteiger partial charge in [0, 0.05) is 6.07 Å². The highest BCUT2D eigenvalue weighted by molar-refractivity contribution is 5.80. The Morgan fingerprint density at radius 3 is 2.73 bits per heavy atom. The van der Waals surface area contributed by atoms with Crippen molar-refractivity contribution in [2.45, 2.75) is 38.8 Å². The van der Waals surface area contributed by atoms with Crippen LogP contribution in [-0.4, -0.2) is 39.1 Å². The summed E-state index contributed by atoms with van der Waals surface area (Å²) in [5, 5.41) is 9.57. The predicted octanol–water partition coefficient (Wildman–Crippen LogP) is 1.28. The SMILES string of the molecule is CCCCC[C@H](CN(O)C=O)C(=O)NNc1nc(C(F)(F)F)cc(=O)[nH]1. The van der Waals surface area contributed by atoms with Crippen molar-refractivity contribution in [3.05, 3.63) is 22.1 Å². The highest BCUT2D eigenvalue weighted by atomic mass is 19.4. The van der Waals surface area contributed by atoms with E-state index in [2.05, 4.69) is 15.8 Å². The van der Waals surface area contributed by atoms with Gasteiger partial charge in [-0.15, -0.1) is 0 Å². The summed E-state index contributed by atoms with van der Waals surface area (Å²) in [4.78, 5) is 39.1. The lowest BCUT2D eigenvalue weighted by Crippen LogP contribution is -2.41. The lowest BCUT2D eigenvalue weighted by Gasteiger charge is -2.19. The van der Waals surface area contributed by atoms with Crippen LogP contribution in [0.1, 0.15) is 38.3 Å². The molecule has 146 valence electrons. The molecule has 9 nitrogen and oxygen atoms in total. The van der Waals surface area contributed by atoms with E-state index in [-0.39, 0.29) is 19.0 Å². The van der Waals surface area contributed by atoms with Gasteiger partial charge in [0.1, 0.15) is 0 Å². The number of hydrazine groups is 1. The summed E-state index contributed by atoms with van der Waals surface area (Å²) in [7, 11) is 0. The Hall–Kier alpha value is -2.63. The van der Waals surface area contributed by atoms with Gasteiger partial charge >= 0.3 is 6.18 Å². The maximum absolute atomic E-state index is 12.6. The fourth-order valence-corrected chi connectivity index (χ4v) is 2.10. The first-order valence-corrected chi connectivity index (χ1v) is 7.82. The minimum Gasteiger partial charge on any atom is -0.291 e. The number of amides is 2. The van der Waals surface area contributed by atoms with Crippen molar-refractivity contribution in [3.63, 3.8) is 0 Å². The number of hydrogen-bond donors (Lipinski definition) is 4. The van der Waals surface area contributed by atoms with E-state index in [1.54, 1.807) is 0 Å². The zero-order valence-corrected chi connectivity index (χ0v) is 14.0. The van der Waals surface area contributed by atoms with Crippen molar-refractivity contribution in [3.8, 4) is 0 Å². The molecule has 0 radical (unpaired) electrons. The number of halogens is 3. The molecule has 26 heavy (non-hydrogen) atoms. The maximum atomic E-state index is 12.6. The number of rotatable bonds is 10. The second-order valence-electron chi connectivity index (χ2n) is 5.51. The Balaban J connectivity index is 2.78. The molecule has 0 saturated carbocycles. The van der Waals surface area contributed by atoms with Crippen LogP contribution in [0.3, 0.4) is 0 Å².